The highest BCUT2D eigenvalue weighted by atomic mass is 16.6. The number of benzene rings is 1. The number of nitrogens with zero attached hydrogens (tertiary/aromatic N) is 2. The molecule has 0 saturated carbocycles. The van der Waals surface area contributed by atoms with Gasteiger partial charge in [-0.25, -0.2) is 0 Å². The number of nitro benzene ring substituents is 1. The number of hydrogen-bond donors (Lipinski definition) is 2. The van der Waals surface area contributed by atoms with E-state index in [4.69, 9.17) is 5.73 Å². The number of aliphatic hydroxyl groups is 1. The summed E-state index contributed by atoms with van der Waals surface area (Å²) in [7, 11) is 0. The van der Waals surface area contributed by atoms with Crippen LogP contribution in [-0.4, -0.2) is 34.6 Å². The average molecular weight is 251 g/mol. The van der Waals surface area contributed by atoms with Gasteiger partial charge in [-0.05, 0) is 12.1 Å². The van der Waals surface area contributed by atoms with Crippen LogP contribution in [0.1, 0.15) is 6.42 Å². The van der Waals surface area contributed by atoms with Gasteiger partial charge < -0.3 is 15.7 Å². The number of amides is 1. The summed E-state index contributed by atoms with van der Waals surface area (Å²) in [6.07, 6.45) is -0.329. The van der Waals surface area contributed by atoms with Crippen LogP contribution in [0.5, 0.6) is 0 Å². The summed E-state index contributed by atoms with van der Waals surface area (Å²) in [5.41, 5.74) is 5.89. The summed E-state index contributed by atoms with van der Waals surface area (Å²) < 4.78 is 0. The Labute approximate surface area is 103 Å². The second kappa shape index (κ2) is 4.61. The van der Waals surface area contributed by atoms with Crippen LogP contribution >= 0.6 is 0 Å². The lowest BCUT2D eigenvalue weighted by atomic mass is 10.2. The fraction of sp³-hybridized carbons (Fsp3) is 0.364. The van der Waals surface area contributed by atoms with Gasteiger partial charge >= 0.3 is 0 Å². The molecule has 1 amide bonds. The maximum Gasteiger partial charge on any atom is 0.269 e. The number of carbonyl (C=O) groups is 1. The van der Waals surface area contributed by atoms with Gasteiger partial charge in [-0.1, -0.05) is 0 Å². The van der Waals surface area contributed by atoms with Crippen LogP contribution < -0.4 is 10.6 Å². The molecule has 1 saturated heterocycles. The Bertz CT molecular complexity index is 474. The zero-order valence-electron chi connectivity index (χ0n) is 9.52. The molecule has 1 aromatic carbocycles. The quantitative estimate of drug-likeness (QED) is 0.581. The molecular formula is C11H13N3O4. The minimum absolute atomic E-state index is 0.0193. The van der Waals surface area contributed by atoms with Gasteiger partial charge in [0.05, 0.1) is 11.0 Å². The number of aliphatic hydroxyl groups excluding tert-OH is 1. The van der Waals surface area contributed by atoms with E-state index in [1.165, 1.54) is 12.1 Å². The summed E-state index contributed by atoms with van der Waals surface area (Å²) in [6, 6.07) is 5.25. The summed E-state index contributed by atoms with van der Waals surface area (Å²) in [5.74, 6) is -0.509. The van der Waals surface area contributed by atoms with E-state index >= 15 is 0 Å². The molecule has 1 heterocycles. The molecule has 18 heavy (non-hydrogen) atoms. The number of carbonyl (C=O) groups excluding carboxylic acids is 1. The van der Waals surface area contributed by atoms with Crippen molar-refractivity contribution >= 4 is 17.3 Å². The highest BCUT2D eigenvalue weighted by Gasteiger charge is 2.34. The molecule has 7 nitrogen and oxygen atoms in total. The number of rotatable bonds is 3. The van der Waals surface area contributed by atoms with Crippen LogP contribution in [0, 0.1) is 10.1 Å². The molecule has 7 heteroatoms. The molecule has 0 spiro atoms. The lowest BCUT2D eigenvalue weighted by molar-refractivity contribution is -0.384. The third-order valence-corrected chi connectivity index (χ3v) is 3.00. The second-order valence-corrected chi connectivity index (χ2v) is 4.23. The molecule has 3 N–H and O–H groups in total. The number of primary amides is 1. The molecule has 2 atom stereocenters. The Morgan fingerprint density at radius 1 is 1.44 bits per heavy atom. The monoisotopic (exact) mass is 251 g/mol. The lowest BCUT2D eigenvalue weighted by Gasteiger charge is -2.23. The topological polar surface area (TPSA) is 110 Å². The van der Waals surface area contributed by atoms with Crippen molar-refractivity contribution in [1.82, 2.24) is 0 Å². The number of anilines is 1. The van der Waals surface area contributed by atoms with Crippen molar-refractivity contribution in [2.24, 2.45) is 5.73 Å². The van der Waals surface area contributed by atoms with E-state index in [1.807, 2.05) is 0 Å². The fourth-order valence-corrected chi connectivity index (χ4v) is 2.13. The summed E-state index contributed by atoms with van der Waals surface area (Å²) in [5, 5.41) is 20.1. The van der Waals surface area contributed by atoms with Crippen molar-refractivity contribution in [2.75, 3.05) is 11.4 Å². The Balaban J connectivity index is 2.24. The zero-order valence-corrected chi connectivity index (χ0v) is 9.52. The molecule has 0 unspecified atom stereocenters. The molecule has 1 aromatic rings. The van der Waals surface area contributed by atoms with Crippen molar-refractivity contribution in [3.8, 4) is 0 Å². The number of hydrogen-bond acceptors (Lipinski definition) is 5. The van der Waals surface area contributed by atoms with Crippen LogP contribution in [0.15, 0.2) is 24.3 Å². The normalized spacial score (nSPS) is 23.1. The van der Waals surface area contributed by atoms with Crippen LogP contribution in [0.3, 0.4) is 0 Å². The van der Waals surface area contributed by atoms with E-state index in [-0.39, 0.29) is 12.1 Å². The van der Waals surface area contributed by atoms with Gasteiger partial charge in [0, 0.05) is 30.8 Å². The zero-order chi connectivity index (χ0) is 13.3. The van der Waals surface area contributed by atoms with Gasteiger partial charge in [0.1, 0.15) is 6.04 Å². The van der Waals surface area contributed by atoms with E-state index in [0.29, 0.717) is 12.2 Å². The predicted molar refractivity (Wildman–Crippen MR) is 64.0 cm³/mol. The van der Waals surface area contributed by atoms with Crippen molar-refractivity contribution < 1.29 is 14.8 Å². The van der Waals surface area contributed by atoms with E-state index in [0.717, 1.165) is 0 Å². The third kappa shape index (κ3) is 2.25. The van der Waals surface area contributed by atoms with Gasteiger partial charge in [-0.3, -0.25) is 14.9 Å². The third-order valence-electron chi connectivity index (χ3n) is 3.00. The molecule has 1 aliphatic heterocycles. The number of β-amino-alcohol motifs (C(OH)–C–C–N with tert-alkyl or cyclic N) is 1. The molecule has 0 radical (unpaired) electrons. The van der Waals surface area contributed by atoms with Gasteiger partial charge in [-0.15, -0.1) is 0 Å². The Hall–Kier alpha value is -2.15. The molecule has 96 valence electrons. The maximum absolute atomic E-state index is 11.3. The van der Waals surface area contributed by atoms with Crippen LogP contribution in [0.2, 0.25) is 0 Å². The van der Waals surface area contributed by atoms with E-state index < -0.39 is 23.0 Å². The predicted octanol–water partition coefficient (Wildman–Crippen LogP) is 0.0197. The summed E-state index contributed by atoms with van der Waals surface area (Å²) in [4.78, 5) is 23.0. The fourth-order valence-electron chi connectivity index (χ4n) is 2.13. The highest BCUT2D eigenvalue weighted by Crippen LogP contribution is 2.27. The van der Waals surface area contributed by atoms with Crippen LogP contribution in [-0.2, 0) is 4.79 Å². The van der Waals surface area contributed by atoms with Crippen molar-refractivity contribution in [3.63, 3.8) is 0 Å². The molecular weight excluding hydrogens is 238 g/mol. The first kappa shape index (κ1) is 12.3. The van der Waals surface area contributed by atoms with Crippen molar-refractivity contribution in [1.29, 1.82) is 0 Å². The SMILES string of the molecule is NC(=O)[C@H]1C[C@H](O)CN1c1ccc([N+](=O)[O-])cc1. The Morgan fingerprint density at radius 3 is 2.56 bits per heavy atom. The van der Waals surface area contributed by atoms with E-state index in [2.05, 4.69) is 0 Å². The first-order valence-corrected chi connectivity index (χ1v) is 5.47. The van der Waals surface area contributed by atoms with E-state index in [9.17, 15) is 20.0 Å². The molecule has 1 fully saturated rings. The summed E-state index contributed by atoms with van der Waals surface area (Å²) >= 11 is 0. The van der Waals surface area contributed by atoms with Gasteiger partial charge in [0.15, 0.2) is 0 Å². The minimum atomic E-state index is -0.613. The van der Waals surface area contributed by atoms with Crippen molar-refractivity contribution in [2.45, 2.75) is 18.6 Å². The van der Waals surface area contributed by atoms with Gasteiger partial charge in [0.2, 0.25) is 5.91 Å². The smallest absolute Gasteiger partial charge is 0.269 e. The Morgan fingerprint density at radius 2 is 2.06 bits per heavy atom. The lowest BCUT2D eigenvalue weighted by Crippen LogP contribution is -2.40. The molecule has 0 aromatic heterocycles. The molecule has 2 rings (SSSR count). The average Bonchev–Trinajstić information content (AvgIpc) is 2.71. The van der Waals surface area contributed by atoms with Gasteiger partial charge in [-0.2, -0.15) is 0 Å². The largest absolute Gasteiger partial charge is 0.391 e. The first-order valence-electron chi connectivity index (χ1n) is 5.47. The molecule has 0 bridgehead atoms. The molecule has 1 aliphatic rings. The summed E-state index contributed by atoms with van der Waals surface area (Å²) in [6.45, 7) is 0.297. The number of nitrogens with two attached hydrogens (primary N) is 1. The first-order chi connectivity index (χ1) is 8.49. The number of nitro groups is 1. The van der Waals surface area contributed by atoms with Crippen LogP contribution in [0.4, 0.5) is 11.4 Å². The number of non-ortho nitro benzene ring substituents is 1. The van der Waals surface area contributed by atoms with E-state index in [1.54, 1.807) is 17.0 Å². The van der Waals surface area contributed by atoms with Crippen LogP contribution in [0.25, 0.3) is 0 Å². The Kier molecular flexibility index (Phi) is 3.15. The second-order valence-electron chi connectivity index (χ2n) is 4.23. The standard InChI is InChI=1S/C11H13N3O4/c12-11(16)10-5-9(15)6-13(10)7-1-3-8(4-2-7)14(17)18/h1-4,9-10,15H,5-6H2,(H2,12,16)/t9-,10+/m0/s1. The maximum atomic E-state index is 11.3. The minimum Gasteiger partial charge on any atom is -0.391 e. The highest BCUT2D eigenvalue weighted by molar-refractivity contribution is 5.84. The van der Waals surface area contributed by atoms with Gasteiger partial charge in [0.25, 0.3) is 5.69 Å². The van der Waals surface area contributed by atoms with Crippen molar-refractivity contribution in [3.05, 3.63) is 34.4 Å². The molecule has 0 aliphatic carbocycles.